The van der Waals surface area contributed by atoms with E-state index in [2.05, 4.69) is 15.0 Å². The Hall–Kier alpha value is -2.01. The number of ether oxygens (including phenoxy) is 2. The molecule has 0 radical (unpaired) electrons. The van der Waals surface area contributed by atoms with Crippen LogP contribution in [0.4, 0.5) is 5.82 Å². The lowest BCUT2D eigenvalue weighted by Gasteiger charge is -2.18. The van der Waals surface area contributed by atoms with E-state index in [1.54, 1.807) is 0 Å². The van der Waals surface area contributed by atoms with E-state index >= 15 is 0 Å². The lowest BCUT2D eigenvalue weighted by molar-refractivity contribution is -0.0537. The van der Waals surface area contributed by atoms with Crippen LogP contribution in [0.1, 0.15) is 6.23 Å². The molecule has 1 aliphatic rings. The first-order valence-corrected chi connectivity index (χ1v) is 6.23. The second-order valence-corrected chi connectivity index (χ2v) is 4.63. The molecule has 1 aliphatic heterocycles. The predicted molar refractivity (Wildman–Crippen MR) is 69.3 cm³/mol. The fraction of sp³-hybridized carbons (Fsp3) is 0.545. The summed E-state index contributed by atoms with van der Waals surface area (Å²) in [6.07, 6.45) is -3.18. The van der Waals surface area contributed by atoms with Crippen LogP contribution in [0.3, 0.4) is 0 Å². The van der Waals surface area contributed by atoms with Crippen LogP contribution in [0.2, 0.25) is 0 Å². The zero-order valence-corrected chi connectivity index (χ0v) is 11.1. The number of imidazole rings is 1. The number of methoxy groups -OCH3 is 1. The molecule has 0 saturated carbocycles. The number of nitrogens with zero attached hydrogens (tertiary/aromatic N) is 4. The molecule has 2 aromatic heterocycles. The van der Waals surface area contributed by atoms with Gasteiger partial charge in [0, 0.05) is 0 Å². The highest BCUT2D eigenvalue weighted by Gasteiger charge is 2.45. The number of hydrogen-bond acceptors (Lipinski definition) is 9. The molecule has 0 spiro atoms. The SMILES string of the molecule is COc1nc2c(N)ncnc2n1[C@@H]1O[C@H](CO)C(O)[C@@H]1O. The van der Waals surface area contributed by atoms with Crippen LogP contribution in [0, 0.1) is 0 Å². The van der Waals surface area contributed by atoms with Gasteiger partial charge in [-0.15, -0.1) is 0 Å². The summed E-state index contributed by atoms with van der Waals surface area (Å²) in [7, 11) is 1.39. The molecule has 10 heteroatoms. The van der Waals surface area contributed by atoms with Crippen molar-refractivity contribution in [1.82, 2.24) is 19.5 Å². The maximum absolute atomic E-state index is 10.1. The first-order chi connectivity index (χ1) is 10.1. The number of nitrogens with two attached hydrogens (primary N) is 1. The van der Waals surface area contributed by atoms with Crippen LogP contribution < -0.4 is 10.5 Å². The number of fused-ring (bicyclic) bond motifs is 1. The molecule has 114 valence electrons. The van der Waals surface area contributed by atoms with Crippen molar-refractivity contribution in [2.45, 2.75) is 24.5 Å². The third-order valence-corrected chi connectivity index (χ3v) is 3.43. The lowest BCUT2D eigenvalue weighted by atomic mass is 10.1. The summed E-state index contributed by atoms with van der Waals surface area (Å²) in [6, 6.07) is 0.104. The minimum absolute atomic E-state index is 0.104. The van der Waals surface area contributed by atoms with Crippen molar-refractivity contribution >= 4 is 17.0 Å². The normalized spacial score (nSPS) is 29.1. The summed E-state index contributed by atoms with van der Waals surface area (Å²) in [5.41, 5.74) is 6.33. The van der Waals surface area contributed by atoms with Gasteiger partial charge in [0.1, 0.15) is 24.6 Å². The van der Waals surface area contributed by atoms with Crippen molar-refractivity contribution in [3.63, 3.8) is 0 Å². The highest BCUT2D eigenvalue weighted by Crippen LogP contribution is 2.35. The molecule has 1 saturated heterocycles. The Kier molecular flexibility index (Phi) is 3.37. The summed E-state index contributed by atoms with van der Waals surface area (Å²) >= 11 is 0. The van der Waals surface area contributed by atoms with E-state index in [4.69, 9.17) is 20.3 Å². The fourth-order valence-electron chi connectivity index (χ4n) is 2.37. The van der Waals surface area contributed by atoms with E-state index in [0.717, 1.165) is 0 Å². The lowest BCUT2D eigenvalue weighted by Crippen LogP contribution is -2.33. The summed E-state index contributed by atoms with van der Waals surface area (Å²) in [4.78, 5) is 12.0. The Bertz CT molecular complexity index is 662. The standard InChI is InChI=1S/C11H15N5O5/c1-20-11-15-5-8(12)13-3-14-9(5)16(11)10-7(19)6(18)4(2-17)21-10/h3-4,6-7,10,17-19H,2H2,1H3,(H2,12,13,14)/t4-,6?,7+,10-/m1/s1. The predicted octanol–water partition coefficient (Wildman–Crippen LogP) is -1.97. The molecule has 0 amide bonds. The number of hydrogen-bond donors (Lipinski definition) is 4. The van der Waals surface area contributed by atoms with Crippen molar-refractivity contribution in [3.8, 4) is 6.01 Å². The Morgan fingerprint density at radius 2 is 2.14 bits per heavy atom. The zero-order chi connectivity index (χ0) is 15.1. The first-order valence-electron chi connectivity index (χ1n) is 6.23. The highest BCUT2D eigenvalue weighted by molar-refractivity contribution is 5.82. The molecule has 0 aliphatic carbocycles. The average molecular weight is 297 g/mol. The van der Waals surface area contributed by atoms with Gasteiger partial charge < -0.3 is 30.5 Å². The van der Waals surface area contributed by atoms with Crippen LogP contribution in [0.15, 0.2) is 6.33 Å². The first kappa shape index (κ1) is 13.9. The van der Waals surface area contributed by atoms with Crippen molar-refractivity contribution in [1.29, 1.82) is 0 Å². The van der Waals surface area contributed by atoms with E-state index < -0.39 is 31.1 Å². The van der Waals surface area contributed by atoms with Gasteiger partial charge in [0.2, 0.25) is 0 Å². The molecular formula is C11H15N5O5. The highest BCUT2D eigenvalue weighted by atomic mass is 16.6. The number of anilines is 1. The minimum atomic E-state index is -1.27. The zero-order valence-electron chi connectivity index (χ0n) is 11.1. The monoisotopic (exact) mass is 297 g/mol. The van der Waals surface area contributed by atoms with E-state index in [9.17, 15) is 10.2 Å². The maximum Gasteiger partial charge on any atom is 0.300 e. The van der Waals surface area contributed by atoms with Gasteiger partial charge in [-0.2, -0.15) is 4.98 Å². The molecule has 0 bridgehead atoms. The van der Waals surface area contributed by atoms with E-state index in [1.165, 1.54) is 18.0 Å². The third-order valence-electron chi connectivity index (χ3n) is 3.43. The summed E-state index contributed by atoms with van der Waals surface area (Å²) < 4.78 is 12.0. The average Bonchev–Trinajstić information content (AvgIpc) is 2.99. The van der Waals surface area contributed by atoms with Crippen LogP contribution in [0.5, 0.6) is 6.01 Å². The quantitative estimate of drug-likeness (QED) is 0.506. The van der Waals surface area contributed by atoms with Gasteiger partial charge in [-0.1, -0.05) is 0 Å². The minimum Gasteiger partial charge on any atom is -0.468 e. The molecule has 3 rings (SSSR count). The molecule has 1 fully saturated rings. The van der Waals surface area contributed by atoms with Gasteiger partial charge in [0.05, 0.1) is 13.7 Å². The second-order valence-electron chi connectivity index (χ2n) is 4.63. The molecule has 3 heterocycles. The molecule has 1 unspecified atom stereocenters. The molecular weight excluding hydrogens is 282 g/mol. The van der Waals surface area contributed by atoms with Crippen molar-refractivity contribution < 1.29 is 24.8 Å². The van der Waals surface area contributed by atoms with Gasteiger partial charge in [-0.05, 0) is 0 Å². The van der Waals surface area contributed by atoms with Gasteiger partial charge in [0.15, 0.2) is 23.2 Å². The van der Waals surface area contributed by atoms with Gasteiger partial charge in [-0.25, -0.2) is 14.5 Å². The van der Waals surface area contributed by atoms with Gasteiger partial charge in [-0.3, -0.25) is 0 Å². The van der Waals surface area contributed by atoms with Crippen LogP contribution in [0.25, 0.3) is 11.2 Å². The number of aliphatic hydroxyl groups excluding tert-OH is 3. The largest absolute Gasteiger partial charge is 0.468 e. The summed E-state index contributed by atoms with van der Waals surface area (Å²) in [6.45, 7) is -0.430. The molecule has 21 heavy (non-hydrogen) atoms. The number of rotatable bonds is 3. The van der Waals surface area contributed by atoms with Crippen LogP contribution >= 0.6 is 0 Å². The summed E-state index contributed by atoms with van der Waals surface area (Å²) in [5.74, 6) is 0.156. The van der Waals surface area contributed by atoms with E-state index in [0.29, 0.717) is 11.2 Å². The Labute approximate surface area is 118 Å². The van der Waals surface area contributed by atoms with E-state index in [1.807, 2.05) is 0 Å². The van der Waals surface area contributed by atoms with Crippen LogP contribution in [-0.2, 0) is 4.74 Å². The van der Waals surface area contributed by atoms with Crippen molar-refractivity contribution in [2.24, 2.45) is 0 Å². The number of aliphatic hydroxyl groups is 3. The van der Waals surface area contributed by atoms with Crippen LogP contribution in [-0.4, -0.2) is 66.9 Å². The molecule has 0 aromatic carbocycles. The second kappa shape index (κ2) is 5.07. The molecule has 4 atom stereocenters. The number of nitrogen functional groups attached to an aromatic ring is 1. The van der Waals surface area contributed by atoms with Gasteiger partial charge >= 0.3 is 6.01 Å². The fourth-order valence-corrected chi connectivity index (χ4v) is 2.37. The Balaban J connectivity index is 2.14. The van der Waals surface area contributed by atoms with Crippen molar-refractivity contribution in [2.75, 3.05) is 19.5 Å². The topological polar surface area (TPSA) is 149 Å². The molecule has 10 nitrogen and oxygen atoms in total. The smallest absolute Gasteiger partial charge is 0.300 e. The summed E-state index contributed by atoms with van der Waals surface area (Å²) in [5, 5.41) is 29.1. The van der Waals surface area contributed by atoms with E-state index in [-0.39, 0.29) is 11.8 Å². The van der Waals surface area contributed by atoms with Crippen molar-refractivity contribution in [3.05, 3.63) is 6.33 Å². The Morgan fingerprint density at radius 3 is 2.76 bits per heavy atom. The van der Waals surface area contributed by atoms with Gasteiger partial charge in [0.25, 0.3) is 0 Å². The molecule has 5 N–H and O–H groups in total. The molecule has 2 aromatic rings. The Morgan fingerprint density at radius 1 is 1.38 bits per heavy atom. The third kappa shape index (κ3) is 2.00. The maximum atomic E-state index is 10.1. The number of aromatic nitrogens is 4.